The van der Waals surface area contributed by atoms with Crippen LogP contribution in [-0.2, 0) is 40.4 Å². The van der Waals surface area contributed by atoms with Gasteiger partial charge >= 0.3 is 12.0 Å². The van der Waals surface area contributed by atoms with Gasteiger partial charge in [0.05, 0.1) is 18.6 Å². The molecule has 1 saturated heterocycles. The molecule has 1 aliphatic rings. The first-order chi connectivity index (χ1) is 22.7. The lowest BCUT2D eigenvalue weighted by Crippen LogP contribution is -2.69. The van der Waals surface area contributed by atoms with Crippen molar-refractivity contribution >= 4 is 34.8 Å². The van der Waals surface area contributed by atoms with Gasteiger partial charge in [0, 0.05) is 31.6 Å². The molecule has 3 aromatic carbocycles. The van der Waals surface area contributed by atoms with Gasteiger partial charge in [0.1, 0.15) is 30.0 Å². The fourth-order valence-electron chi connectivity index (χ4n) is 5.56. The van der Waals surface area contributed by atoms with E-state index in [1.54, 1.807) is 41.3 Å². The summed E-state index contributed by atoms with van der Waals surface area (Å²) in [5.41, 5.74) is 3.14. The van der Waals surface area contributed by atoms with E-state index in [9.17, 15) is 29.4 Å². The molecule has 47 heavy (non-hydrogen) atoms. The van der Waals surface area contributed by atoms with E-state index in [1.165, 1.54) is 21.7 Å². The normalized spacial score (nSPS) is 16.2. The Morgan fingerprint density at radius 3 is 2.49 bits per heavy atom. The monoisotopic (exact) mass is 640 g/mol. The van der Waals surface area contributed by atoms with Gasteiger partial charge in [0.25, 0.3) is 0 Å². The number of carboxylic acids is 1. The molecule has 0 bridgehead atoms. The highest BCUT2D eigenvalue weighted by Crippen LogP contribution is 2.25. The van der Waals surface area contributed by atoms with Crippen LogP contribution in [0.2, 0.25) is 0 Å². The second-order valence-corrected chi connectivity index (χ2v) is 11.1. The molecule has 5 N–H and O–H groups in total. The number of urea groups is 1. The molecule has 5 rings (SSSR count). The number of hydrogen-bond acceptors (Lipinski definition) is 8. The van der Waals surface area contributed by atoms with E-state index >= 15 is 0 Å². The van der Waals surface area contributed by atoms with Crippen molar-refractivity contribution in [3.05, 3.63) is 102 Å². The summed E-state index contributed by atoms with van der Waals surface area (Å²) in [5.74, 6) is -1.76. The maximum absolute atomic E-state index is 14.3. The Balaban J connectivity index is 1.47. The minimum Gasteiger partial charge on any atom is -0.508 e. The number of phenolic OH excluding ortho intramolecular Hbond substituents is 1. The van der Waals surface area contributed by atoms with E-state index in [4.69, 9.17) is 0 Å². The van der Waals surface area contributed by atoms with Gasteiger partial charge in [-0.15, -0.1) is 11.7 Å². The molecule has 0 aliphatic carbocycles. The fourth-order valence-corrected chi connectivity index (χ4v) is 5.56. The van der Waals surface area contributed by atoms with Crippen molar-refractivity contribution in [3.8, 4) is 5.75 Å². The van der Waals surface area contributed by atoms with Gasteiger partial charge < -0.3 is 36.0 Å². The summed E-state index contributed by atoms with van der Waals surface area (Å²) in [6, 6.07) is 19.4. The summed E-state index contributed by atoms with van der Waals surface area (Å²) in [6.07, 6.45) is 0.820. The van der Waals surface area contributed by atoms with Crippen LogP contribution in [0.5, 0.6) is 5.75 Å². The standard InChI is InChI=1S/C33H36N8O6/c1-2-15-34-18-29(43)41-27(16-22-11-13-25(42)14-12-22)32(46)39(20-28(41)36-33(47)35-17-23-7-4-3-5-8-23)19-24-9-6-10-26-31(24)37-38-40(26)21-30(44)45/h2-14,27-28,34,42H,1,15-21H2,(H,44,45)(H2,35,36,47)/t27-,28+/m0/s1. The van der Waals surface area contributed by atoms with Crippen LogP contribution in [0, 0.1) is 0 Å². The van der Waals surface area contributed by atoms with Crippen molar-refractivity contribution < 1.29 is 29.4 Å². The van der Waals surface area contributed by atoms with Crippen LogP contribution >= 0.6 is 0 Å². The third-order valence-electron chi connectivity index (χ3n) is 7.75. The third-order valence-corrected chi connectivity index (χ3v) is 7.75. The first-order valence-corrected chi connectivity index (χ1v) is 15.0. The highest BCUT2D eigenvalue weighted by atomic mass is 16.4. The first kappa shape index (κ1) is 32.6. The van der Waals surface area contributed by atoms with Crippen molar-refractivity contribution in [2.45, 2.75) is 38.3 Å². The first-order valence-electron chi connectivity index (χ1n) is 15.0. The molecule has 0 unspecified atom stereocenters. The molecular formula is C33H36N8O6. The van der Waals surface area contributed by atoms with Crippen LogP contribution < -0.4 is 16.0 Å². The molecule has 0 saturated carbocycles. The zero-order valence-corrected chi connectivity index (χ0v) is 25.6. The van der Waals surface area contributed by atoms with E-state index in [0.29, 0.717) is 28.7 Å². The SMILES string of the molecule is C=CCNCC(=O)N1[C@@H](NC(=O)NCc2ccccc2)CN(Cc2cccc3c2nnn3CC(=O)O)C(=O)[C@@H]1Cc1ccc(O)cc1. The predicted octanol–water partition coefficient (Wildman–Crippen LogP) is 1.60. The van der Waals surface area contributed by atoms with Crippen LogP contribution in [0.15, 0.2) is 85.5 Å². The Bertz CT molecular complexity index is 1740. The molecule has 244 valence electrons. The van der Waals surface area contributed by atoms with Crippen LogP contribution in [0.3, 0.4) is 0 Å². The summed E-state index contributed by atoms with van der Waals surface area (Å²) < 4.78 is 1.27. The average molecular weight is 641 g/mol. The largest absolute Gasteiger partial charge is 0.508 e. The number of phenols is 1. The Morgan fingerprint density at radius 2 is 1.77 bits per heavy atom. The molecule has 14 nitrogen and oxygen atoms in total. The smallest absolute Gasteiger partial charge is 0.325 e. The molecule has 1 aliphatic heterocycles. The lowest BCUT2D eigenvalue weighted by Gasteiger charge is -2.46. The minimum atomic E-state index is -1.07. The lowest BCUT2D eigenvalue weighted by atomic mass is 9.99. The highest BCUT2D eigenvalue weighted by molar-refractivity contribution is 5.91. The van der Waals surface area contributed by atoms with E-state index in [1.807, 2.05) is 30.3 Å². The summed E-state index contributed by atoms with van der Waals surface area (Å²) in [4.78, 5) is 55.6. The summed E-state index contributed by atoms with van der Waals surface area (Å²) in [5, 5.41) is 36.0. The highest BCUT2D eigenvalue weighted by Gasteiger charge is 2.43. The number of hydrogen-bond donors (Lipinski definition) is 5. The number of aliphatic carboxylic acids is 1. The number of aromatic hydroxyl groups is 1. The minimum absolute atomic E-state index is 0.0312. The Kier molecular flexibility index (Phi) is 10.4. The number of carbonyl (C=O) groups is 4. The van der Waals surface area contributed by atoms with Crippen molar-refractivity contribution in [2.24, 2.45) is 0 Å². The molecule has 1 fully saturated rings. The molecule has 2 heterocycles. The number of benzene rings is 3. The summed E-state index contributed by atoms with van der Waals surface area (Å²) in [6.45, 7) is 3.85. The Hall–Kier alpha value is -5.76. The van der Waals surface area contributed by atoms with Crippen molar-refractivity contribution in [1.82, 2.24) is 40.7 Å². The molecular weight excluding hydrogens is 604 g/mol. The molecule has 4 aromatic rings. The number of rotatable bonds is 13. The zero-order chi connectivity index (χ0) is 33.3. The van der Waals surface area contributed by atoms with E-state index in [2.05, 4.69) is 32.8 Å². The summed E-state index contributed by atoms with van der Waals surface area (Å²) >= 11 is 0. The number of nitrogens with zero attached hydrogens (tertiary/aromatic N) is 5. The van der Waals surface area contributed by atoms with E-state index in [0.717, 1.165) is 5.56 Å². The molecule has 0 radical (unpaired) electrons. The van der Waals surface area contributed by atoms with Gasteiger partial charge in [0.15, 0.2) is 0 Å². The number of fused-ring (bicyclic) bond motifs is 1. The van der Waals surface area contributed by atoms with Crippen LogP contribution in [0.25, 0.3) is 11.0 Å². The number of nitrogens with one attached hydrogen (secondary N) is 3. The van der Waals surface area contributed by atoms with E-state index in [-0.39, 0.29) is 50.8 Å². The maximum Gasteiger partial charge on any atom is 0.325 e. The second kappa shape index (κ2) is 15.0. The van der Waals surface area contributed by atoms with E-state index < -0.39 is 30.1 Å². The topological polar surface area (TPSA) is 182 Å². The Morgan fingerprint density at radius 1 is 1.00 bits per heavy atom. The van der Waals surface area contributed by atoms with Gasteiger partial charge in [-0.1, -0.05) is 65.9 Å². The van der Waals surface area contributed by atoms with Crippen molar-refractivity contribution in [3.63, 3.8) is 0 Å². The predicted molar refractivity (Wildman–Crippen MR) is 172 cm³/mol. The molecule has 2 atom stereocenters. The number of piperazine rings is 1. The van der Waals surface area contributed by atoms with Gasteiger partial charge in [-0.05, 0) is 29.3 Å². The van der Waals surface area contributed by atoms with Gasteiger partial charge in [-0.25, -0.2) is 9.48 Å². The average Bonchev–Trinajstić information content (AvgIpc) is 3.46. The summed E-state index contributed by atoms with van der Waals surface area (Å²) in [7, 11) is 0. The van der Waals surface area contributed by atoms with Gasteiger partial charge in [0.2, 0.25) is 11.8 Å². The van der Waals surface area contributed by atoms with Gasteiger partial charge in [-0.3, -0.25) is 14.4 Å². The van der Waals surface area contributed by atoms with Crippen LogP contribution in [0.4, 0.5) is 4.79 Å². The van der Waals surface area contributed by atoms with Crippen LogP contribution in [0.1, 0.15) is 16.7 Å². The van der Waals surface area contributed by atoms with Gasteiger partial charge in [-0.2, -0.15) is 0 Å². The maximum atomic E-state index is 14.3. The number of aromatic nitrogens is 3. The van der Waals surface area contributed by atoms with Crippen molar-refractivity contribution in [1.29, 1.82) is 0 Å². The number of carbonyl (C=O) groups excluding carboxylic acids is 3. The quantitative estimate of drug-likeness (QED) is 0.107. The third kappa shape index (κ3) is 8.10. The van der Waals surface area contributed by atoms with Crippen LogP contribution in [-0.4, -0.2) is 90.7 Å². The molecule has 1 aromatic heterocycles. The number of amides is 4. The lowest BCUT2D eigenvalue weighted by molar-refractivity contribution is -0.156. The number of carboxylic acid groups (broad SMARTS) is 1. The zero-order valence-electron chi connectivity index (χ0n) is 25.6. The van der Waals surface area contributed by atoms with Crippen molar-refractivity contribution in [2.75, 3.05) is 19.6 Å². The fraction of sp³-hybridized carbons (Fsp3) is 0.273. The molecule has 4 amide bonds. The molecule has 14 heteroatoms. The second-order valence-electron chi connectivity index (χ2n) is 11.1. The molecule has 0 spiro atoms. The Labute approximate surface area is 270 Å².